The lowest BCUT2D eigenvalue weighted by atomic mass is 10.2. The van der Waals surface area contributed by atoms with Crippen LogP contribution in [0, 0.1) is 0 Å². The number of aromatic nitrogens is 3. The Morgan fingerprint density at radius 3 is 3.00 bits per heavy atom. The molecule has 0 bridgehead atoms. The third-order valence-corrected chi connectivity index (χ3v) is 2.88. The molecule has 0 radical (unpaired) electrons. The monoisotopic (exact) mass is 250 g/mol. The number of hydrogen-bond donors (Lipinski definition) is 1. The predicted octanol–water partition coefficient (Wildman–Crippen LogP) is 2.11. The van der Waals surface area contributed by atoms with Crippen LogP contribution in [0.25, 0.3) is 0 Å². The predicted molar refractivity (Wildman–Crippen MR) is 67.8 cm³/mol. The second-order valence-corrected chi connectivity index (χ2v) is 4.42. The molecular weight excluding hydrogens is 236 g/mol. The largest absolute Gasteiger partial charge is 0.336 e. The molecule has 1 atom stereocenters. The minimum absolute atomic E-state index is 0.355. The molecule has 0 saturated heterocycles. The van der Waals surface area contributed by atoms with Crippen molar-refractivity contribution in [3.8, 4) is 0 Å². The molecule has 90 valence electrons. The van der Waals surface area contributed by atoms with E-state index in [4.69, 9.17) is 11.6 Å². The van der Waals surface area contributed by atoms with Crippen molar-refractivity contribution in [2.24, 2.45) is 0 Å². The van der Waals surface area contributed by atoms with E-state index in [2.05, 4.69) is 22.2 Å². The second-order valence-electron chi connectivity index (χ2n) is 4.01. The lowest BCUT2D eigenvalue weighted by Gasteiger charge is -2.14. The molecule has 0 aliphatic carbocycles. The number of imidazole rings is 1. The minimum atomic E-state index is 0.355. The van der Waals surface area contributed by atoms with Crippen LogP contribution in [0.3, 0.4) is 0 Å². The molecule has 0 aliphatic rings. The van der Waals surface area contributed by atoms with E-state index in [0.29, 0.717) is 11.1 Å². The Morgan fingerprint density at radius 2 is 2.29 bits per heavy atom. The highest BCUT2D eigenvalue weighted by Gasteiger charge is 2.04. The minimum Gasteiger partial charge on any atom is -0.336 e. The number of rotatable bonds is 5. The van der Waals surface area contributed by atoms with Crippen molar-refractivity contribution in [3.63, 3.8) is 0 Å². The van der Waals surface area contributed by atoms with Crippen molar-refractivity contribution in [2.45, 2.75) is 26.1 Å². The Balaban J connectivity index is 1.84. The van der Waals surface area contributed by atoms with Gasteiger partial charge in [0.1, 0.15) is 0 Å². The van der Waals surface area contributed by atoms with Crippen molar-refractivity contribution in [3.05, 3.63) is 47.8 Å². The number of halogens is 1. The van der Waals surface area contributed by atoms with Gasteiger partial charge in [-0.05, 0) is 18.6 Å². The first-order chi connectivity index (χ1) is 8.25. The van der Waals surface area contributed by atoms with Crippen LogP contribution in [0.2, 0.25) is 5.02 Å². The van der Waals surface area contributed by atoms with Gasteiger partial charge in [-0.2, -0.15) is 0 Å². The first kappa shape index (κ1) is 12.1. The van der Waals surface area contributed by atoms with Crippen LogP contribution < -0.4 is 5.32 Å². The summed E-state index contributed by atoms with van der Waals surface area (Å²) in [6.45, 7) is 3.77. The summed E-state index contributed by atoms with van der Waals surface area (Å²) in [5.41, 5.74) is 1.07. The molecule has 4 nitrogen and oxygen atoms in total. The zero-order valence-corrected chi connectivity index (χ0v) is 10.4. The highest BCUT2D eigenvalue weighted by Crippen LogP contribution is 2.12. The second kappa shape index (κ2) is 5.80. The number of pyridine rings is 1. The summed E-state index contributed by atoms with van der Waals surface area (Å²) in [6, 6.07) is 2.28. The Hall–Kier alpha value is -1.39. The molecule has 2 rings (SSSR count). The van der Waals surface area contributed by atoms with E-state index in [0.717, 1.165) is 18.7 Å². The summed E-state index contributed by atoms with van der Waals surface area (Å²) in [5, 5.41) is 4.12. The average molecular weight is 251 g/mol. The van der Waals surface area contributed by atoms with Crippen LogP contribution in [-0.2, 0) is 13.1 Å². The van der Waals surface area contributed by atoms with Gasteiger partial charge in [-0.3, -0.25) is 4.98 Å². The zero-order chi connectivity index (χ0) is 12.1. The van der Waals surface area contributed by atoms with Crippen molar-refractivity contribution >= 4 is 11.6 Å². The quantitative estimate of drug-likeness (QED) is 0.884. The van der Waals surface area contributed by atoms with E-state index >= 15 is 0 Å². The maximum absolute atomic E-state index is 6.03. The smallest absolute Gasteiger partial charge is 0.0946 e. The molecule has 0 amide bonds. The number of nitrogens with zero attached hydrogens (tertiary/aromatic N) is 3. The van der Waals surface area contributed by atoms with Crippen molar-refractivity contribution in [2.75, 3.05) is 0 Å². The fourth-order valence-corrected chi connectivity index (χ4v) is 1.79. The van der Waals surface area contributed by atoms with Crippen LogP contribution in [0.5, 0.6) is 0 Å². The van der Waals surface area contributed by atoms with E-state index in [-0.39, 0.29) is 0 Å². The Labute approximate surface area is 106 Å². The van der Waals surface area contributed by atoms with E-state index in [1.54, 1.807) is 18.6 Å². The van der Waals surface area contributed by atoms with Gasteiger partial charge in [0.25, 0.3) is 0 Å². The summed E-state index contributed by atoms with van der Waals surface area (Å²) in [7, 11) is 0. The topological polar surface area (TPSA) is 42.7 Å². The molecule has 1 unspecified atom stereocenters. The van der Waals surface area contributed by atoms with Gasteiger partial charge in [0.15, 0.2) is 0 Å². The van der Waals surface area contributed by atoms with Gasteiger partial charge >= 0.3 is 0 Å². The summed E-state index contributed by atoms with van der Waals surface area (Å²) >= 11 is 6.03. The summed E-state index contributed by atoms with van der Waals surface area (Å²) in [4.78, 5) is 7.97. The molecule has 2 aromatic rings. The highest BCUT2D eigenvalue weighted by molar-refractivity contribution is 6.31. The molecule has 0 fully saturated rings. The van der Waals surface area contributed by atoms with Gasteiger partial charge in [0.2, 0.25) is 0 Å². The maximum atomic E-state index is 6.03. The molecule has 0 spiro atoms. The fraction of sp³-hybridized carbons (Fsp3) is 0.333. The molecule has 0 aromatic carbocycles. The van der Waals surface area contributed by atoms with E-state index < -0.39 is 0 Å². The van der Waals surface area contributed by atoms with Gasteiger partial charge < -0.3 is 9.88 Å². The highest BCUT2D eigenvalue weighted by atomic mass is 35.5. The normalized spacial score (nSPS) is 12.6. The van der Waals surface area contributed by atoms with Crippen molar-refractivity contribution in [1.82, 2.24) is 19.9 Å². The zero-order valence-electron chi connectivity index (χ0n) is 9.68. The van der Waals surface area contributed by atoms with E-state index in [9.17, 15) is 0 Å². The molecule has 2 heterocycles. The molecule has 1 N–H and O–H groups in total. The van der Waals surface area contributed by atoms with Crippen LogP contribution in [-0.4, -0.2) is 20.6 Å². The molecular formula is C12H15ClN4. The van der Waals surface area contributed by atoms with Crippen LogP contribution in [0.15, 0.2) is 37.2 Å². The summed E-state index contributed by atoms with van der Waals surface area (Å²) in [5.74, 6) is 0. The van der Waals surface area contributed by atoms with Crippen LogP contribution in [0.1, 0.15) is 12.5 Å². The van der Waals surface area contributed by atoms with Gasteiger partial charge in [-0.15, -0.1) is 0 Å². The van der Waals surface area contributed by atoms with Crippen molar-refractivity contribution < 1.29 is 0 Å². The molecule has 5 heteroatoms. The lowest BCUT2D eigenvalue weighted by molar-refractivity contribution is 0.476. The molecule has 2 aromatic heterocycles. The average Bonchev–Trinajstić information content (AvgIpc) is 2.81. The van der Waals surface area contributed by atoms with Gasteiger partial charge in [0, 0.05) is 43.9 Å². The van der Waals surface area contributed by atoms with Gasteiger partial charge in [-0.25, -0.2) is 4.98 Å². The summed E-state index contributed by atoms with van der Waals surface area (Å²) in [6.07, 6.45) is 8.98. The lowest BCUT2D eigenvalue weighted by Crippen LogP contribution is -2.29. The Kier molecular flexibility index (Phi) is 4.12. The number of hydrogen-bond acceptors (Lipinski definition) is 3. The molecule has 17 heavy (non-hydrogen) atoms. The fourth-order valence-electron chi connectivity index (χ4n) is 1.61. The number of nitrogens with one attached hydrogen (secondary N) is 1. The Bertz CT molecular complexity index is 455. The standard InChI is InChI=1S/C12H15ClN4/c1-10(8-17-5-4-15-9-17)16-6-11-2-3-14-7-12(11)13/h2-5,7,9-10,16H,6,8H2,1H3. The van der Waals surface area contributed by atoms with E-state index in [1.807, 2.05) is 23.2 Å². The third kappa shape index (κ3) is 3.54. The first-order valence-corrected chi connectivity index (χ1v) is 5.91. The van der Waals surface area contributed by atoms with Gasteiger partial charge in [-0.1, -0.05) is 11.6 Å². The van der Waals surface area contributed by atoms with Crippen LogP contribution >= 0.6 is 11.6 Å². The third-order valence-electron chi connectivity index (χ3n) is 2.54. The molecule has 0 saturated carbocycles. The van der Waals surface area contributed by atoms with E-state index in [1.165, 1.54) is 0 Å². The maximum Gasteiger partial charge on any atom is 0.0946 e. The molecule has 0 aliphatic heterocycles. The summed E-state index contributed by atoms with van der Waals surface area (Å²) < 4.78 is 2.05. The van der Waals surface area contributed by atoms with Gasteiger partial charge in [0.05, 0.1) is 11.3 Å². The van der Waals surface area contributed by atoms with Crippen LogP contribution in [0.4, 0.5) is 0 Å². The SMILES string of the molecule is CC(Cn1ccnc1)NCc1ccncc1Cl. The Morgan fingerprint density at radius 1 is 1.41 bits per heavy atom. The first-order valence-electron chi connectivity index (χ1n) is 5.53. The van der Waals surface area contributed by atoms with Crippen molar-refractivity contribution in [1.29, 1.82) is 0 Å².